The largest absolute Gasteiger partial charge is 0.481 e. The summed E-state index contributed by atoms with van der Waals surface area (Å²) in [5, 5.41) is 13.1. The second-order valence-electron chi connectivity index (χ2n) is 15.5. The van der Waals surface area contributed by atoms with E-state index in [-0.39, 0.29) is 17.6 Å². The molecule has 1 saturated carbocycles. The van der Waals surface area contributed by atoms with E-state index in [0.717, 1.165) is 84.1 Å². The summed E-state index contributed by atoms with van der Waals surface area (Å²) < 4.78 is 13.8. The lowest BCUT2D eigenvalue weighted by molar-refractivity contribution is -0.150. The number of halogens is 1. The number of nitrogens with zero attached hydrogens (tertiary/aromatic N) is 5. The van der Waals surface area contributed by atoms with Crippen LogP contribution < -0.4 is 5.32 Å². The number of fused-ring (bicyclic) bond motifs is 2. The number of epoxide rings is 1. The first-order chi connectivity index (χ1) is 24.3. The summed E-state index contributed by atoms with van der Waals surface area (Å²) in [6.45, 7) is 12.0. The first kappa shape index (κ1) is 34.1. The zero-order valence-electron chi connectivity index (χ0n) is 29.9. The second-order valence-corrected chi connectivity index (χ2v) is 15.9. The Kier molecular flexibility index (Phi) is 8.40. The predicted molar refractivity (Wildman–Crippen MR) is 193 cm³/mol. The molecule has 51 heavy (non-hydrogen) atoms. The summed E-state index contributed by atoms with van der Waals surface area (Å²) in [6, 6.07) is 12.0. The van der Waals surface area contributed by atoms with Crippen molar-refractivity contribution < 1.29 is 23.8 Å². The van der Waals surface area contributed by atoms with E-state index >= 15 is 0 Å². The normalized spacial score (nSPS) is 23.6. The Morgan fingerprint density at radius 3 is 2.43 bits per heavy atom. The molecular weight excluding hydrogens is 668 g/mol. The van der Waals surface area contributed by atoms with Crippen molar-refractivity contribution in [3.63, 3.8) is 0 Å². The maximum atomic E-state index is 13.7. The lowest BCUT2D eigenvalue weighted by Gasteiger charge is -2.41. The third-order valence-electron chi connectivity index (χ3n) is 12.1. The van der Waals surface area contributed by atoms with E-state index in [1.165, 1.54) is 0 Å². The van der Waals surface area contributed by atoms with Gasteiger partial charge in [-0.2, -0.15) is 0 Å². The summed E-state index contributed by atoms with van der Waals surface area (Å²) in [7, 11) is 1.89. The van der Waals surface area contributed by atoms with Crippen LogP contribution in [0.1, 0.15) is 85.5 Å². The van der Waals surface area contributed by atoms with Crippen molar-refractivity contribution in [3.8, 4) is 22.6 Å². The monoisotopic (exact) mass is 712 g/mol. The first-order valence-corrected chi connectivity index (χ1v) is 18.3. The van der Waals surface area contributed by atoms with Crippen molar-refractivity contribution in [3.05, 3.63) is 75.7 Å². The minimum Gasteiger partial charge on any atom is -0.481 e. The molecule has 3 aliphatic heterocycles. The molecule has 4 aromatic rings. The minimum atomic E-state index is -0.707. The van der Waals surface area contributed by atoms with E-state index in [4.69, 9.17) is 30.7 Å². The molecule has 1 atom stereocenters. The van der Waals surface area contributed by atoms with Crippen molar-refractivity contribution in [2.75, 3.05) is 18.5 Å². The molecule has 0 radical (unpaired) electrons. The molecule has 1 unspecified atom stereocenters. The molecule has 2 aromatic carbocycles. The van der Waals surface area contributed by atoms with Crippen LogP contribution >= 0.6 is 11.6 Å². The van der Waals surface area contributed by atoms with Crippen LogP contribution in [0.5, 0.6) is 0 Å². The van der Waals surface area contributed by atoms with Gasteiger partial charge in [0.05, 0.1) is 46.8 Å². The van der Waals surface area contributed by atoms with Crippen molar-refractivity contribution >= 4 is 29.2 Å². The number of imidazole rings is 1. The first-order valence-electron chi connectivity index (χ1n) is 17.9. The highest BCUT2D eigenvalue weighted by molar-refractivity contribution is 6.36. The number of nitrogens with one attached hydrogen (secondary N) is 1. The number of carbonyl (C=O) groups excluding carboxylic acids is 1. The molecule has 0 bridgehead atoms. The van der Waals surface area contributed by atoms with Gasteiger partial charge in [0.1, 0.15) is 5.76 Å². The number of rotatable bonds is 8. The van der Waals surface area contributed by atoms with Gasteiger partial charge in [0, 0.05) is 61.5 Å². The molecule has 1 aliphatic carbocycles. The molecule has 12 heteroatoms. The third kappa shape index (κ3) is 5.97. The van der Waals surface area contributed by atoms with Crippen molar-refractivity contribution in [2.45, 2.75) is 97.1 Å². The smallest absolute Gasteiger partial charge is 0.309 e. The van der Waals surface area contributed by atoms with Crippen LogP contribution in [-0.4, -0.2) is 72.2 Å². The Bertz CT molecular complexity index is 2020. The Labute approximate surface area is 302 Å². The molecule has 2 N–H and O–H groups in total. The quantitative estimate of drug-likeness (QED) is 0.189. The number of hydrogen-bond donors (Lipinski definition) is 2. The SMILES string of the molecule is Cc1c(-c2nc3c(o2)CN(C(C)(C)C2CO2)C3)cccc1-c1cccc(NC(=O)c2nc3c(n2C)CCN(C2CCC(C)(C(=O)O)CC2)C3)c1Cl. The Morgan fingerprint density at radius 1 is 1.02 bits per heavy atom. The van der Waals surface area contributed by atoms with Gasteiger partial charge < -0.3 is 24.1 Å². The lowest BCUT2D eigenvalue weighted by atomic mass is 9.73. The number of carboxylic acid groups (broad SMARTS) is 1. The van der Waals surface area contributed by atoms with E-state index < -0.39 is 11.4 Å². The molecule has 5 heterocycles. The molecule has 2 aromatic heterocycles. The molecular formula is C39H45ClN6O5. The summed E-state index contributed by atoms with van der Waals surface area (Å²) in [4.78, 5) is 40.0. The number of carboxylic acids is 1. The minimum absolute atomic E-state index is 0.0721. The third-order valence-corrected chi connectivity index (χ3v) is 12.5. The summed E-state index contributed by atoms with van der Waals surface area (Å²) in [5.41, 5.74) is 6.33. The molecule has 0 spiro atoms. The molecule has 11 nitrogen and oxygen atoms in total. The van der Waals surface area contributed by atoms with E-state index in [0.29, 0.717) is 54.4 Å². The van der Waals surface area contributed by atoms with Crippen LogP contribution in [0.4, 0.5) is 5.69 Å². The van der Waals surface area contributed by atoms with E-state index in [9.17, 15) is 14.7 Å². The molecule has 2 fully saturated rings. The average molecular weight is 713 g/mol. The van der Waals surface area contributed by atoms with Gasteiger partial charge in [-0.15, -0.1) is 0 Å². The van der Waals surface area contributed by atoms with Gasteiger partial charge in [0.2, 0.25) is 5.89 Å². The molecule has 268 valence electrons. The van der Waals surface area contributed by atoms with Crippen LogP contribution in [0.25, 0.3) is 22.6 Å². The number of anilines is 1. The fourth-order valence-corrected chi connectivity index (χ4v) is 8.55. The maximum absolute atomic E-state index is 13.7. The number of oxazole rings is 1. The van der Waals surface area contributed by atoms with Crippen LogP contribution in [-0.2, 0) is 42.6 Å². The van der Waals surface area contributed by atoms with Crippen LogP contribution in [0.3, 0.4) is 0 Å². The van der Waals surface area contributed by atoms with Crippen LogP contribution in [0, 0.1) is 12.3 Å². The van der Waals surface area contributed by atoms with Gasteiger partial charge >= 0.3 is 5.97 Å². The number of benzene rings is 2. The zero-order chi connectivity index (χ0) is 35.8. The van der Waals surface area contributed by atoms with Crippen LogP contribution in [0.2, 0.25) is 5.02 Å². The second kappa shape index (κ2) is 12.6. The highest BCUT2D eigenvalue weighted by Gasteiger charge is 2.47. The lowest BCUT2D eigenvalue weighted by Crippen LogP contribution is -2.45. The van der Waals surface area contributed by atoms with Gasteiger partial charge in [0.25, 0.3) is 5.91 Å². The Morgan fingerprint density at radius 2 is 1.73 bits per heavy atom. The highest BCUT2D eigenvalue weighted by atomic mass is 35.5. The fourth-order valence-electron chi connectivity index (χ4n) is 8.28. The van der Waals surface area contributed by atoms with E-state index in [1.807, 2.05) is 55.8 Å². The predicted octanol–water partition coefficient (Wildman–Crippen LogP) is 6.84. The Hall–Kier alpha value is -4.03. The molecule has 8 rings (SSSR count). The Balaban J connectivity index is 0.979. The van der Waals surface area contributed by atoms with Crippen LogP contribution in [0.15, 0.2) is 40.8 Å². The number of amides is 1. The summed E-state index contributed by atoms with van der Waals surface area (Å²) >= 11 is 7.04. The van der Waals surface area contributed by atoms with Gasteiger partial charge in [-0.05, 0) is 76.6 Å². The molecule has 4 aliphatic rings. The number of aromatic nitrogens is 3. The number of hydrogen-bond acceptors (Lipinski definition) is 8. The fraction of sp³-hybridized carbons (Fsp3) is 0.487. The summed E-state index contributed by atoms with van der Waals surface area (Å²) in [5.74, 6) is 0.804. The maximum Gasteiger partial charge on any atom is 0.309 e. The van der Waals surface area contributed by atoms with Crippen molar-refractivity contribution in [2.24, 2.45) is 12.5 Å². The number of carbonyl (C=O) groups is 2. The van der Waals surface area contributed by atoms with E-state index in [2.05, 4.69) is 29.0 Å². The van der Waals surface area contributed by atoms with Gasteiger partial charge in [-0.25, -0.2) is 9.97 Å². The van der Waals surface area contributed by atoms with Crippen molar-refractivity contribution in [1.82, 2.24) is 24.3 Å². The summed E-state index contributed by atoms with van der Waals surface area (Å²) in [6.07, 6.45) is 4.08. The number of ether oxygens (including phenoxy) is 1. The molecule has 1 amide bonds. The van der Waals surface area contributed by atoms with Gasteiger partial charge in [0.15, 0.2) is 5.82 Å². The zero-order valence-corrected chi connectivity index (χ0v) is 30.6. The highest BCUT2D eigenvalue weighted by Crippen LogP contribution is 2.42. The van der Waals surface area contributed by atoms with Crippen molar-refractivity contribution in [1.29, 1.82) is 0 Å². The van der Waals surface area contributed by atoms with E-state index in [1.54, 1.807) is 6.07 Å². The van der Waals surface area contributed by atoms with Gasteiger partial charge in [-0.3, -0.25) is 19.4 Å². The van der Waals surface area contributed by atoms with Gasteiger partial charge in [-0.1, -0.05) is 35.9 Å². The molecule has 1 saturated heterocycles. The topological polar surface area (TPSA) is 129 Å². The average Bonchev–Trinajstić information content (AvgIpc) is 3.68. The number of aliphatic carboxylic acids is 1. The standard InChI is InChI=1S/C39H45ClN6O5/c1-22-24(8-6-9-25(22)36-43-29-19-46(20-31(29)51-36)38(2,3)32-21-50-32)26-10-7-11-27(33(26)40)42-35(47)34-41-28-18-45(17-14-30(28)44(34)5)23-12-15-39(4,16-13-23)37(48)49/h6-11,23,32H,12-21H2,1-5H3,(H,42,47)(H,48,49).